The van der Waals surface area contributed by atoms with Gasteiger partial charge in [0.1, 0.15) is 6.33 Å². The molecule has 0 aliphatic rings. The van der Waals surface area contributed by atoms with Gasteiger partial charge in [-0.25, -0.2) is 0 Å². The Bertz CT molecular complexity index is 262. The molecule has 1 aromatic rings. The zero-order valence-corrected chi connectivity index (χ0v) is 10.7. The van der Waals surface area contributed by atoms with Crippen molar-refractivity contribution in [3.63, 3.8) is 0 Å². The SMILES string of the molecule is CCCn1ncnc1[B-](F)(F)F.[K+]. The van der Waals surface area contributed by atoms with Crippen LogP contribution in [0.15, 0.2) is 6.33 Å². The van der Waals surface area contributed by atoms with Crippen LogP contribution in [0.2, 0.25) is 0 Å². The zero-order chi connectivity index (χ0) is 9.19. The van der Waals surface area contributed by atoms with Gasteiger partial charge < -0.3 is 12.9 Å². The van der Waals surface area contributed by atoms with Crippen LogP contribution in [-0.4, -0.2) is 21.7 Å². The summed E-state index contributed by atoms with van der Waals surface area (Å²) in [6.07, 6.45) is 1.54. The molecule has 0 aliphatic heterocycles. The molecule has 0 bridgehead atoms. The smallest absolute Gasteiger partial charge is 0.443 e. The number of hydrogen-bond donors (Lipinski definition) is 0. The van der Waals surface area contributed by atoms with Crippen LogP contribution >= 0.6 is 0 Å². The van der Waals surface area contributed by atoms with Crippen LogP contribution in [0.4, 0.5) is 12.9 Å². The quantitative estimate of drug-likeness (QED) is 0.535. The maximum atomic E-state index is 12.1. The van der Waals surface area contributed by atoms with E-state index in [0.29, 0.717) is 6.42 Å². The van der Waals surface area contributed by atoms with E-state index in [1.54, 1.807) is 6.92 Å². The summed E-state index contributed by atoms with van der Waals surface area (Å²) in [6, 6.07) is 0. The molecule has 0 unspecified atom stereocenters. The first kappa shape index (κ1) is 13.6. The molecule has 68 valence electrons. The second-order valence-corrected chi connectivity index (χ2v) is 2.42. The average molecular weight is 217 g/mol. The Morgan fingerprint density at radius 3 is 2.54 bits per heavy atom. The summed E-state index contributed by atoms with van der Waals surface area (Å²) in [5.74, 6) is 0. The van der Waals surface area contributed by atoms with E-state index in [1.165, 1.54) is 0 Å². The first-order chi connectivity index (χ1) is 5.55. The van der Waals surface area contributed by atoms with E-state index < -0.39 is 12.7 Å². The Labute approximate surface area is 117 Å². The molecule has 1 heterocycles. The van der Waals surface area contributed by atoms with Gasteiger partial charge in [0.25, 0.3) is 0 Å². The summed E-state index contributed by atoms with van der Waals surface area (Å²) in [7, 11) is 0. The molecule has 0 spiro atoms. The number of rotatable bonds is 3. The Morgan fingerprint density at radius 2 is 2.08 bits per heavy atom. The van der Waals surface area contributed by atoms with Crippen molar-refractivity contribution in [3.05, 3.63) is 6.33 Å². The molecule has 0 aliphatic carbocycles. The molecule has 0 fully saturated rings. The van der Waals surface area contributed by atoms with Crippen molar-refractivity contribution < 1.29 is 64.3 Å². The fourth-order valence-electron chi connectivity index (χ4n) is 0.911. The third-order valence-electron chi connectivity index (χ3n) is 1.37. The van der Waals surface area contributed by atoms with Gasteiger partial charge in [-0.1, -0.05) is 6.92 Å². The van der Waals surface area contributed by atoms with E-state index in [-0.39, 0.29) is 57.9 Å². The van der Waals surface area contributed by atoms with Crippen molar-refractivity contribution in [1.29, 1.82) is 0 Å². The van der Waals surface area contributed by atoms with E-state index in [0.717, 1.165) is 11.0 Å². The molecule has 1 aromatic heterocycles. The third kappa shape index (κ3) is 3.70. The minimum atomic E-state index is -5.02. The maximum Gasteiger partial charge on any atom is 1.00 e. The molecule has 0 aromatic carbocycles. The Hall–Kier alpha value is 0.631. The molecular formula is C5H8BF3KN3. The van der Waals surface area contributed by atoms with Crippen LogP contribution in [0.25, 0.3) is 0 Å². The van der Waals surface area contributed by atoms with Gasteiger partial charge >= 0.3 is 58.4 Å². The van der Waals surface area contributed by atoms with E-state index in [9.17, 15) is 12.9 Å². The van der Waals surface area contributed by atoms with Gasteiger partial charge in [0.05, 0.1) is 5.72 Å². The van der Waals surface area contributed by atoms with E-state index in [4.69, 9.17) is 0 Å². The van der Waals surface area contributed by atoms with E-state index in [2.05, 4.69) is 10.1 Å². The molecule has 3 nitrogen and oxygen atoms in total. The first-order valence-corrected chi connectivity index (χ1v) is 3.63. The molecule has 0 radical (unpaired) electrons. The minimum Gasteiger partial charge on any atom is -0.443 e. The first-order valence-electron chi connectivity index (χ1n) is 3.63. The molecule has 0 saturated heterocycles. The van der Waals surface area contributed by atoms with Gasteiger partial charge in [0, 0.05) is 6.54 Å². The van der Waals surface area contributed by atoms with Crippen LogP contribution < -0.4 is 57.1 Å². The van der Waals surface area contributed by atoms with Crippen LogP contribution in [0.1, 0.15) is 13.3 Å². The zero-order valence-electron chi connectivity index (χ0n) is 7.54. The van der Waals surface area contributed by atoms with Crippen LogP contribution in [0, 0.1) is 0 Å². The number of aryl methyl sites for hydroxylation is 1. The fourth-order valence-corrected chi connectivity index (χ4v) is 0.911. The van der Waals surface area contributed by atoms with Crippen molar-refractivity contribution in [1.82, 2.24) is 14.8 Å². The van der Waals surface area contributed by atoms with Crippen molar-refractivity contribution in [2.75, 3.05) is 0 Å². The molecule has 13 heavy (non-hydrogen) atoms. The van der Waals surface area contributed by atoms with Crippen molar-refractivity contribution in [2.45, 2.75) is 19.9 Å². The third-order valence-corrected chi connectivity index (χ3v) is 1.37. The summed E-state index contributed by atoms with van der Waals surface area (Å²) in [6.45, 7) is -2.97. The Morgan fingerprint density at radius 1 is 1.46 bits per heavy atom. The van der Waals surface area contributed by atoms with Gasteiger partial charge in [-0.05, 0) is 6.42 Å². The number of nitrogens with zero attached hydrogens (tertiary/aromatic N) is 3. The molecule has 0 saturated carbocycles. The summed E-state index contributed by atoms with van der Waals surface area (Å²) >= 11 is 0. The van der Waals surface area contributed by atoms with E-state index >= 15 is 0 Å². The van der Waals surface area contributed by atoms with E-state index in [1.807, 2.05) is 0 Å². The number of aromatic nitrogens is 3. The van der Waals surface area contributed by atoms with Crippen molar-refractivity contribution in [2.24, 2.45) is 0 Å². The molecule has 1 rings (SSSR count). The second-order valence-electron chi connectivity index (χ2n) is 2.42. The second kappa shape index (κ2) is 5.50. The summed E-state index contributed by atoms with van der Waals surface area (Å²) in [5.41, 5.74) is -0.864. The van der Waals surface area contributed by atoms with Crippen molar-refractivity contribution >= 4 is 12.7 Å². The monoisotopic (exact) mass is 217 g/mol. The largest absolute Gasteiger partial charge is 1.00 e. The van der Waals surface area contributed by atoms with Gasteiger partial charge in [0.2, 0.25) is 0 Å². The van der Waals surface area contributed by atoms with Gasteiger partial charge in [-0.2, -0.15) is 5.10 Å². The molecular weight excluding hydrogens is 209 g/mol. The van der Waals surface area contributed by atoms with Crippen LogP contribution in [0.5, 0.6) is 0 Å². The van der Waals surface area contributed by atoms with Crippen LogP contribution in [0.3, 0.4) is 0 Å². The normalized spacial score (nSPS) is 11.1. The molecule has 0 N–H and O–H groups in total. The Kier molecular flexibility index (Phi) is 5.76. The van der Waals surface area contributed by atoms with Crippen molar-refractivity contribution in [3.8, 4) is 0 Å². The number of halogens is 3. The number of hydrogen-bond acceptors (Lipinski definition) is 2. The minimum absolute atomic E-state index is 0. The topological polar surface area (TPSA) is 30.7 Å². The summed E-state index contributed by atoms with van der Waals surface area (Å²) in [4.78, 5) is 3.16. The maximum absolute atomic E-state index is 12.1. The van der Waals surface area contributed by atoms with Crippen LogP contribution in [-0.2, 0) is 6.54 Å². The summed E-state index contributed by atoms with van der Waals surface area (Å²) in [5, 5.41) is 3.47. The van der Waals surface area contributed by atoms with Gasteiger partial charge in [-0.15, -0.1) is 0 Å². The Balaban J connectivity index is 0.00000144. The summed E-state index contributed by atoms with van der Waals surface area (Å²) < 4.78 is 37.3. The molecule has 0 atom stereocenters. The standard InChI is InChI=1S/C5H8BF3N3.K/c1-2-3-12-5(6(7,8)9)10-4-11-12;/h4H,2-3H2,1H3;/q-1;+1. The predicted molar refractivity (Wildman–Crippen MR) is 39.0 cm³/mol. The van der Waals surface area contributed by atoms with Gasteiger partial charge in [0.15, 0.2) is 0 Å². The molecule has 0 amide bonds. The average Bonchev–Trinajstić information content (AvgIpc) is 2.34. The van der Waals surface area contributed by atoms with Gasteiger partial charge in [-0.3, -0.25) is 9.67 Å². The predicted octanol–water partition coefficient (Wildman–Crippen LogP) is -2.25. The molecule has 8 heteroatoms. The fraction of sp³-hybridized carbons (Fsp3) is 0.600.